The molecule has 0 spiro atoms. The predicted molar refractivity (Wildman–Crippen MR) is 189 cm³/mol. The van der Waals surface area contributed by atoms with Crippen LogP contribution in [0.25, 0.3) is 55.0 Å². The van der Waals surface area contributed by atoms with Crippen molar-refractivity contribution >= 4 is 49.8 Å². The van der Waals surface area contributed by atoms with Gasteiger partial charge in [0.05, 0.1) is 5.69 Å². The van der Waals surface area contributed by atoms with Gasteiger partial charge in [0.1, 0.15) is 11.2 Å². The molecule has 45 heavy (non-hydrogen) atoms. The Bertz CT molecular complexity index is 2420. The fourth-order valence-electron chi connectivity index (χ4n) is 7.45. The minimum atomic E-state index is -0.0921. The molecule has 2 heteroatoms. The Kier molecular flexibility index (Phi) is 5.58. The normalized spacial score (nSPS) is 13.3. The smallest absolute Gasteiger partial charge is 0.143 e. The van der Waals surface area contributed by atoms with Gasteiger partial charge in [-0.3, -0.25) is 0 Å². The molecule has 0 atom stereocenters. The second kappa shape index (κ2) is 9.70. The molecule has 0 amide bonds. The number of para-hydroxylation sites is 2. The second-order valence-electron chi connectivity index (χ2n) is 12.6. The summed E-state index contributed by atoms with van der Waals surface area (Å²) < 4.78 is 6.46. The van der Waals surface area contributed by atoms with Crippen LogP contribution in [-0.4, -0.2) is 0 Å². The van der Waals surface area contributed by atoms with E-state index in [1.54, 1.807) is 0 Å². The van der Waals surface area contributed by atoms with E-state index in [0.717, 1.165) is 50.1 Å². The van der Waals surface area contributed by atoms with Gasteiger partial charge in [0.25, 0.3) is 0 Å². The maximum absolute atomic E-state index is 6.46. The average Bonchev–Trinajstić information content (AvgIpc) is 3.58. The Labute approximate surface area is 262 Å². The topological polar surface area (TPSA) is 16.4 Å². The summed E-state index contributed by atoms with van der Waals surface area (Å²) in [6, 6.07) is 54.7. The zero-order valence-corrected chi connectivity index (χ0v) is 25.3. The SMILES string of the molecule is CC1(C)c2ccccc2-c2ccc(N(c3cccc(-c4cccc5c4oc4ccccc45)c3)c3cccc4ccccc34)cc21. The standard InChI is InChI=1S/C43H31NO/c1-43(2)38-21-7-5-17-34(38)35-25-24-31(27-39(35)43)44(40-22-10-13-28-12-3-4-16-32(28)40)30-15-9-14-29(26-30)33-19-11-20-37-36-18-6-8-23-41(36)45-42(33)37/h3-27H,1-2H3. The van der Waals surface area contributed by atoms with Gasteiger partial charge in [-0.05, 0) is 69.6 Å². The Morgan fingerprint density at radius 2 is 1.16 bits per heavy atom. The van der Waals surface area contributed by atoms with Crippen molar-refractivity contribution in [2.75, 3.05) is 4.90 Å². The van der Waals surface area contributed by atoms with E-state index in [1.807, 2.05) is 12.1 Å². The van der Waals surface area contributed by atoms with E-state index >= 15 is 0 Å². The molecule has 0 unspecified atom stereocenters. The first-order valence-corrected chi connectivity index (χ1v) is 15.6. The highest BCUT2D eigenvalue weighted by Gasteiger charge is 2.35. The fraction of sp³-hybridized carbons (Fsp3) is 0.0698. The molecule has 7 aromatic carbocycles. The van der Waals surface area contributed by atoms with Crippen molar-refractivity contribution < 1.29 is 4.42 Å². The van der Waals surface area contributed by atoms with Crippen LogP contribution in [0.3, 0.4) is 0 Å². The van der Waals surface area contributed by atoms with Crippen LogP contribution in [0.15, 0.2) is 156 Å². The van der Waals surface area contributed by atoms with Gasteiger partial charge in [-0.15, -0.1) is 0 Å². The number of furan rings is 1. The van der Waals surface area contributed by atoms with E-state index in [4.69, 9.17) is 4.42 Å². The molecule has 8 aromatic rings. The Morgan fingerprint density at radius 3 is 2.09 bits per heavy atom. The molecular formula is C43H31NO. The Balaban J connectivity index is 1.27. The predicted octanol–water partition coefficient (Wildman–Crippen LogP) is 12.2. The van der Waals surface area contributed by atoms with Gasteiger partial charge >= 0.3 is 0 Å². The molecule has 2 nitrogen and oxygen atoms in total. The van der Waals surface area contributed by atoms with Gasteiger partial charge in [-0.25, -0.2) is 0 Å². The van der Waals surface area contributed by atoms with Gasteiger partial charge in [0.15, 0.2) is 0 Å². The number of hydrogen-bond donors (Lipinski definition) is 0. The summed E-state index contributed by atoms with van der Waals surface area (Å²) in [6.45, 7) is 4.69. The zero-order chi connectivity index (χ0) is 30.1. The third-order valence-corrected chi connectivity index (χ3v) is 9.65. The molecule has 9 rings (SSSR count). The van der Waals surface area contributed by atoms with Crippen molar-refractivity contribution in [3.05, 3.63) is 163 Å². The summed E-state index contributed by atoms with van der Waals surface area (Å²) >= 11 is 0. The summed E-state index contributed by atoms with van der Waals surface area (Å²) in [5, 5.41) is 4.72. The molecule has 0 radical (unpaired) electrons. The summed E-state index contributed by atoms with van der Waals surface area (Å²) in [7, 11) is 0. The van der Waals surface area contributed by atoms with Crippen molar-refractivity contribution in [2.45, 2.75) is 19.3 Å². The fourth-order valence-corrected chi connectivity index (χ4v) is 7.45. The van der Waals surface area contributed by atoms with Gasteiger partial charge in [-0.1, -0.05) is 129 Å². The van der Waals surface area contributed by atoms with Crippen LogP contribution in [0.4, 0.5) is 17.1 Å². The molecule has 1 aliphatic carbocycles. The molecule has 1 heterocycles. The van der Waals surface area contributed by atoms with Crippen molar-refractivity contribution in [1.82, 2.24) is 0 Å². The van der Waals surface area contributed by atoms with E-state index in [9.17, 15) is 0 Å². The molecule has 1 aromatic heterocycles. The van der Waals surface area contributed by atoms with Crippen LogP contribution in [0, 0.1) is 0 Å². The molecule has 0 saturated heterocycles. The number of rotatable bonds is 4. The number of fused-ring (bicyclic) bond motifs is 7. The lowest BCUT2D eigenvalue weighted by molar-refractivity contribution is 0.660. The molecule has 0 bridgehead atoms. The lowest BCUT2D eigenvalue weighted by Crippen LogP contribution is -2.16. The van der Waals surface area contributed by atoms with Crippen molar-refractivity contribution in [2.24, 2.45) is 0 Å². The first-order valence-electron chi connectivity index (χ1n) is 15.6. The highest BCUT2D eigenvalue weighted by atomic mass is 16.3. The third-order valence-electron chi connectivity index (χ3n) is 9.65. The first kappa shape index (κ1) is 25.9. The monoisotopic (exact) mass is 577 g/mol. The molecule has 214 valence electrons. The summed E-state index contributed by atoms with van der Waals surface area (Å²) in [6.07, 6.45) is 0. The lowest BCUT2D eigenvalue weighted by Gasteiger charge is -2.29. The summed E-state index contributed by atoms with van der Waals surface area (Å²) in [4.78, 5) is 2.42. The average molecular weight is 578 g/mol. The van der Waals surface area contributed by atoms with Gasteiger partial charge < -0.3 is 9.32 Å². The van der Waals surface area contributed by atoms with E-state index in [1.165, 1.54) is 33.0 Å². The third kappa shape index (κ3) is 3.89. The maximum Gasteiger partial charge on any atom is 0.143 e. The quantitative estimate of drug-likeness (QED) is 0.207. The van der Waals surface area contributed by atoms with Crippen LogP contribution in [0.5, 0.6) is 0 Å². The van der Waals surface area contributed by atoms with E-state index in [-0.39, 0.29) is 5.41 Å². The lowest BCUT2D eigenvalue weighted by atomic mass is 9.82. The van der Waals surface area contributed by atoms with Crippen molar-refractivity contribution in [3.8, 4) is 22.3 Å². The molecule has 0 N–H and O–H groups in total. The number of benzene rings is 7. The van der Waals surface area contributed by atoms with E-state index in [2.05, 4.69) is 158 Å². The van der Waals surface area contributed by atoms with E-state index < -0.39 is 0 Å². The molecule has 0 aliphatic heterocycles. The van der Waals surface area contributed by atoms with Crippen LogP contribution in [0.2, 0.25) is 0 Å². The van der Waals surface area contributed by atoms with Crippen LogP contribution in [0.1, 0.15) is 25.0 Å². The highest BCUT2D eigenvalue weighted by molar-refractivity contribution is 6.10. The second-order valence-corrected chi connectivity index (χ2v) is 12.6. The minimum Gasteiger partial charge on any atom is -0.455 e. The number of nitrogens with zero attached hydrogens (tertiary/aromatic N) is 1. The Morgan fingerprint density at radius 1 is 0.489 bits per heavy atom. The van der Waals surface area contributed by atoms with Crippen LogP contribution < -0.4 is 4.90 Å². The number of hydrogen-bond acceptors (Lipinski definition) is 2. The zero-order valence-electron chi connectivity index (χ0n) is 25.3. The summed E-state index contributed by atoms with van der Waals surface area (Å²) in [5.41, 5.74) is 12.8. The largest absolute Gasteiger partial charge is 0.455 e. The Hall–Kier alpha value is -5.60. The first-order chi connectivity index (χ1) is 22.1. The van der Waals surface area contributed by atoms with Crippen LogP contribution >= 0.6 is 0 Å². The van der Waals surface area contributed by atoms with Gasteiger partial charge in [0.2, 0.25) is 0 Å². The molecular weight excluding hydrogens is 546 g/mol. The minimum absolute atomic E-state index is 0.0921. The molecule has 1 aliphatic rings. The summed E-state index contributed by atoms with van der Waals surface area (Å²) in [5.74, 6) is 0. The molecule has 0 fully saturated rings. The van der Waals surface area contributed by atoms with Crippen molar-refractivity contribution in [1.29, 1.82) is 0 Å². The van der Waals surface area contributed by atoms with Gasteiger partial charge in [-0.2, -0.15) is 0 Å². The van der Waals surface area contributed by atoms with Gasteiger partial charge in [0, 0.05) is 38.5 Å². The highest BCUT2D eigenvalue weighted by Crippen LogP contribution is 2.51. The molecule has 0 saturated carbocycles. The van der Waals surface area contributed by atoms with Crippen LogP contribution in [-0.2, 0) is 5.41 Å². The van der Waals surface area contributed by atoms with Crippen molar-refractivity contribution in [3.63, 3.8) is 0 Å². The maximum atomic E-state index is 6.46. The number of anilines is 3. The van der Waals surface area contributed by atoms with E-state index in [0.29, 0.717) is 0 Å².